The van der Waals surface area contributed by atoms with Crippen LogP contribution in [-0.4, -0.2) is 49.1 Å². The normalized spacial score (nSPS) is 24.3. The topological polar surface area (TPSA) is 32.5 Å². The van der Waals surface area contributed by atoms with E-state index in [9.17, 15) is 0 Å². The minimum Gasteiger partial charge on any atom is -0.329 e. The van der Waals surface area contributed by atoms with Crippen molar-refractivity contribution in [3.8, 4) is 0 Å². The quantitative estimate of drug-likeness (QED) is 0.905. The van der Waals surface area contributed by atoms with Crippen molar-refractivity contribution in [3.63, 3.8) is 0 Å². The highest BCUT2D eigenvalue weighted by molar-refractivity contribution is 7.12. The molecule has 0 aromatic carbocycles. The first-order valence-corrected chi connectivity index (χ1v) is 7.70. The number of nitrogens with zero attached hydrogens (tertiary/aromatic N) is 2. The zero-order chi connectivity index (χ0) is 13.1. The maximum atomic E-state index is 5.94. The molecular weight excluding hydrogens is 242 g/mol. The molecule has 0 spiro atoms. The van der Waals surface area contributed by atoms with Gasteiger partial charge in [-0.25, -0.2) is 0 Å². The summed E-state index contributed by atoms with van der Waals surface area (Å²) < 4.78 is 0. The number of piperazine rings is 1. The van der Waals surface area contributed by atoms with Crippen molar-refractivity contribution in [2.45, 2.75) is 32.4 Å². The Kier molecular flexibility index (Phi) is 4.78. The summed E-state index contributed by atoms with van der Waals surface area (Å²) in [4.78, 5) is 7.92. The Balaban J connectivity index is 2.09. The lowest BCUT2D eigenvalue weighted by molar-refractivity contribution is 0.0633. The van der Waals surface area contributed by atoms with E-state index in [1.165, 1.54) is 9.75 Å². The first-order chi connectivity index (χ1) is 8.65. The molecule has 0 radical (unpaired) electrons. The van der Waals surface area contributed by atoms with Gasteiger partial charge >= 0.3 is 0 Å². The van der Waals surface area contributed by atoms with Crippen LogP contribution in [0.15, 0.2) is 12.1 Å². The molecule has 0 amide bonds. The fourth-order valence-electron chi connectivity index (χ4n) is 2.72. The highest BCUT2D eigenvalue weighted by Crippen LogP contribution is 2.30. The Morgan fingerprint density at radius 2 is 2.22 bits per heavy atom. The van der Waals surface area contributed by atoms with E-state index in [2.05, 4.69) is 42.8 Å². The molecule has 2 atom stereocenters. The van der Waals surface area contributed by atoms with Gasteiger partial charge in [-0.2, -0.15) is 0 Å². The second-order valence-corrected chi connectivity index (χ2v) is 6.42. The third-order valence-corrected chi connectivity index (χ3v) is 5.34. The summed E-state index contributed by atoms with van der Waals surface area (Å²) in [5, 5.41) is 0. The molecule has 1 saturated heterocycles. The average Bonchev–Trinajstić information content (AvgIpc) is 2.86. The molecule has 2 heterocycles. The summed E-state index contributed by atoms with van der Waals surface area (Å²) in [6.45, 7) is 8.65. The van der Waals surface area contributed by atoms with E-state index in [0.717, 1.165) is 32.6 Å². The molecule has 2 rings (SSSR count). The lowest BCUT2D eigenvalue weighted by atomic mass is 10.1. The molecule has 1 fully saturated rings. The third-order valence-electron chi connectivity index (χ3n) is 3.94. The van der Waals surface area contributed by atoms with Crippen LogP contribution in [0.25, 0.3) is 0 Å². The largest absolute Gasteiger partial charge is 0.329 e. The zero-order valence-corrected chi connectivity index (χ0v) is 12.5. The van der Waals surface area contributed by atoms with Gasteiger partial charge in [0.15, 0.2) is 0 Å². The van der Waals surface area contributed by atoms with Gasteiger partial charge in [-0.05, 0) is 32.5 Å². The van der Waals surface area contributed by atoms with Gasteiger partial charge in [0.25, 0.3) is 0 Å². The molecule has 2 N–H and O–H groups in total. The van der Waals surface area contributed by atoms with Crippen molar-refractivity contribution in [2.75, 3.05) is 33.2 Å². The van der Waals surface area contributed by atoms with Crippen molar-refractivity contribution in [1.29, 1.82) is 0 Å². The lowest BCUT2D eigenvalue weighted by Crippen LogP contribution is -2.55. The summed E-state index contributed by atoms with van der Waals surface area (Å²) in [6, 6.07) is 5.55. The van der Waals surface area contributed by atoms with Crippen LogP contribution in [0.1, 0.15) is 29.6 Å². The molecule has 102 valence electrons. The summed E-state index contributed by atoms with van der Waals surface area (Å²) >= 11 is 1.95. The number of aryl methyl sites for hydroxylation is 1. The Morgan fingerprint density at radius 1 is 1.44 bits per heavy atom. The number of nitrogens with two attached hydrogens (primary N) is 1. The molecule has 4 heteroatoms. The van der Waals surface area contributed by atoms with Gasteiger partial charge in [0.1, 0.15) is 0 Å². The van der Waals surface area contributed by atoms with Gasteiger partial charge in [-0.15, -0.1) is 11.3 Å². The van der Waals surface area contributed by atoms with Gasteiger partial charge < -0.3 is 10.6 Å². The van der Waals surface area contributed by atoms with E-state index in [4.69, 9.17) is 5.73 Å². The summed E-state index contributed by atoms with van der Waals surface area (Å²) in [5.41, 5.74) is 5.94. The Labute approximate surface area is 115 Å². The van der Waals surface area contributed by atoms with Gasteiger partial charge in [0.2, 0.25) is 0 Å². The predicted octanol–water partition coefficient (Wildman–Crippen LogP) is 1.95. The summed E-state index contributed by atoms with van der Waals surface area (Å²) in [7, 11) is 2.19. The molecule has 3 nitrogen and oxygen atoms in total. The Morgan fingerprint density at radius 3 is 2.83 bits per heavy atom. The van der Waals surface area contributed by atoms with Crippen molar-refractivity contribution < 1.29 is 0 Å². The maximum Gasteiger partial charge on any atom is 0.0417 e. The first-order valence-electron chi connectivity index (χ1n) is 6.88. The van der Waals surface area contributed by atoms with E-state index >= 15 is 0 Å². The smallest absolute Gasteiger partial charge is 0.0417 e. The zero-order valence-electron chi connectivity index (χ0n) is 11.7. The van der Waals surface area contributed by atoms with Gasteiger partial charge in [0.05, 0.1) is 0 Å². The fraction of sp³-hybridized carbons (Fsp3) is 0.714. The Hall–Kier alpha value is -0.420. The molecule has 2 unspecified atom stereocenters. The molecule has 1 aliphatic heterocycles. The summed E-state index contributed by atoms with van der Waals surface area (Å²) in [6.07, 6.45) is 1.14. The predicted molar refractivity (Wildman–Crippen MR) is 79.2 cm³/mol. The first kappa shape index (κ1) is 14.0. The molecule has 1 aliphatic rings. The van der Waals surface area contributed by atoms with Crippen LogP contribution in [0.3, 0.4) is 0 Å². The Bertz CT molecular complexity index is 377. The standard InChI is InChI=1S/C14H25N3S/c1-4-13-5-6-14(18-13)11(2)17-8-7-16(3)10-12(17)9-15/h5-6,11-12H,4,7-10,15H2,1-3H3. The molecule has 1 aromatic rings. The summed E-state index contributed by atoms with van der Waals surface area (Å²) in [5.74, 6) is 0. The van der Waals surface area contributed by atoms with E-state index in [-0.39, 0.29) is 0 Å². The molecular formula is C14H25N3S. The second-order valence-electron chi connectivity index (χ2n) is 5.22. The van der Waals surface area contributed by atoms with Crippen molar-refractivity contribution >= 4 is 11.3 Å². The van der Waals surface area contributed by atoms with Crippen LogP contribution >= 0.6 is 11.3 Å². The number of rotatable bonds is 4. The number of hydrogen-bond donors (Lipinski definition) is 1. The van der Waals surface area contributed by atoms with Crippen LogP contribution in [0.4, 0.5) is 0 Å². The average molecular weight is 267 g/mol. The van der Waals surface area contributed by atoms with Crippen LogP contribution in [0, 0.1) is 0 Å². The highest BCUT2D eigenvalue weighted by atomic mass is 32.1. The van der Waals surface area contributed by atoms with Crippen molar-refractivity contribution in [2.24, 2.45) is 5.73 Å². The monoisotopic (exact) mass is 267 g/mol. The molecule has 0 aliphatic carbocycles. The molecule has 0 bridgehead atoms. The van der Waals surface area contributed by atoms with Crippen LogP contribution in [0.5, 0.6) is 0 Å². The van der Waals surface area contributed by atoms with E-state index in [1.54, 1.807) is 0 Å². The third kappa shape index (κ3) is 2.94. The highest BCUT2D eigenvalue weighted by Gasteiger charge is 2.29. The van der Waals surface area contributed by atoms with Gasteiger partial charge in [0, 0.05) is 48.0 Å². The minimum atomic E-state index is 0.492. The lowest BCUT2D eigenvalue weighted by Gasteiger charge is -2.42. The van der Waals surface area contributed by atoms with Crippen LogP contribution in [0.2, 0.25) is 0 Å². The molecule has 0 saturated carbocycles. The second kappa shape index (κ2) is 6.15. The van der Waals surface area contributed by atoms with Crippen LogP contribution < -0.4 is 5.73 Å². The van der Waals surface area contributed by atoms with Gasteiger partial charge in [-0.1, -0.05) is 6.92 Å². The number of thiophene rings is 1. The van der Waals surface area contributed by atoms with Gasteiger partial charge in [-0.3, -0.25) is 4.90 Å². The maximum absolute atomic E-state index is 5.94. The van der Waals surface area contributed by atoms with Crippen LogP contribution in [-0.2, 0) is 6.42 Å². The number of likely N-dealkylation sites (N-methyl/N-ethyl adjacent to an activating group) is 1. The van der Waals surface area contributed by atoms with E-state index in [0.29, 0.717) is 12.1 Å². The van der Waals surface area contributed by atoms with E-state index in [1.807, 2.05) is 11.3 Å². The fourth-order valence-corrected chi connectivity index (χ4v) is 3.74. The SMILES string of the molecule is CCc1ccc(C(C)N2CCN(C)CC2CN)s1. The van der Waals surface area contributed by atoms with Crippen molar-refractivity contribution in [1.82, 2.24) is 9.80 Å². The van der Waals surface area contributed by atoms with E-state index < -0.39 is 0 Å². The van der Waals surface area contributed by atoms with Crippen molar-refractivity contribution in [3.05, 3.63) is 21.9 Å². The number of hydrogen-bond acceptors (Lipinski definition) is 4. The molecule has 18 heavy (non-hydrogen) atoms. The minimum absolute atomic E-state index is 0.492. The molecule has 1 aromatic heterocycles.